The van der Waals surface area contributed by atoms with E-state index in [1.807, 2.05) is 24.3 Å². The second-order valence-corrected chi connectivity index (χ2v) is 7.06. The molecule has 4 nitrogen and oxygen atoms in total. The highest BCUT2D eigenvalue weighted by molar-refractivity contribution is 6.30. The Kier molecular flexibility index (Phi) is 5.57. The van der Waals surface area contributed by atoms with Crippen LogP contribution in [0.4, 0.5) is 0 Å². The summed E-state index contributed by atoms with van der Waals surface area (Å²) >= 11 is 6.16. The van der Waals surface area contributed by atoms with Gasteiger partial charge in [0.25, 0.3) is 0 Å². The third-order valence-electron chi connectivity index (χ3n) is 5.11. The standard InChI is InChI=1S/C18H25ClN2O2/c19-16-5-1-4-15(11-16)18(6-9-23-10-7-18)17(22)21-13-14-3-2-8-20-12-14/h1,4-5,11,14,20H,2-3,6-10,12-13H2,(H,21,22). The molecule has 0 saturated carbocycles. The van der Waals surface area contributed by atoms with Crippen molar-refractivity contribution in [1.82, 2.24) is 10.6 Å². The molecule has 126 valence electrons. The third kappa shape index (κ3) is 3.87. The van der Waals surface area contributed by atoms with Gasteiger partial charge in [-0.2, -0.15) is 0 Å². The Labute approximate surface area is 142 Å². The van der Waals surface area contributed by atoms with Gasteiger partial charge in [0.2, 0.25) is 5.91 Å². The number of halogens is 1. The van der Waals surface area contributed by atoms with E-state index in [-0.39, 0.29) is 5.91 Å². The molecular formula is C18H25ClN2O2. The van der Waals surface area contributed by atoms with Crippen molar-refractivity contribution in [2.75, 3.05) is 32.8 Å². The van der Waals surface area contributed by atoms with Crippen LogP contribution in [0.15, 0.2) is 24.3 Å². The fraction of sp³-hybridized carbons (Fsp3) is 0.611. The first kappa shape index (κ1) is 16.7. The number of carbonyl (C=O) groups is 1. The van der Waals surface area contributed by atoms with Gasteiger partial charge in [0, 0.05) is 24.8 Å². The van der Waals surface area contributed by atoms with E-state index in [1.54, 1.807) is 0 Å². The highest BCUT2D eigenvalue weighted by Gasteiger charge is 2.41. The Morgan fingerprint density at radius 1 is 1.39 bits per heavy atom. The van der Waals surface area contributed by atoms with Crippen LogP contribution in [0, 0.1) is 5.92 Å². The molecule has 0 bridgehead atoms. The Morgan fingerprint density at radius 3 is 2.91 bits per heavy atom. The van der Waals surface area contributed by atoms with Crippen molar-refractivity contribution >= 4 is 17.5 Å². The van der Waals surface area contributed by atoms with E-state index in [4.69, 9.17) is 16.3 Å². The van der Waals surface area contributed by atoms with E-state index in [9.17, 15) is 4.79 Å². The summed E-state index contributed by atoms with van der Waals surface area (Å²) in [5.41, 5.74) is 0.498. The van der Waals surface area contributed by atoms with Crippen molar-refractivity contribution in [3.8, 4) is 0 Å². The Bertz CT molecular complexity index is 538. The number of amides is 1. The summed E-state index contributed by atoms with van der Waals surface area (Å²) in [7, 11) is 0. The van der Waals surface area contributed by atoms with Crippen LogP contribution in [0.3, 0.4) is 0 Å². The van der Waals surface area contributed by atoms with Gasteiger partial charge in [-0.1, -0.05) is 23.7 Å². The van der Waals surface area contributed by atoms with Crippen LogP contribution >= 0.6 is 11.6 Å². The number of benzene rings is 1. The summed E-state index contributed by atoms with van der Waals surface area (Å²) in [4.78, 5) is 13.0. The number of rotatable bonds is 4. The Balaban J connectivity index is 1.73. The van der Waals surface area contributed by atoms with E-state index >= 15 is 0 Å². The van der Waals surface area contributed by atoms with Crippen LogP contribution in [-0.2, 0) is 14.9 Å². The first-order valence-electron chi connectivity index (χ1n) is 8.53. The number of hydrogen-bond donors (Lipinski definition) is 2. The van der Waals surface area contributed by atoms with Gasteiger partial charge in [-0.25, -0.2) is 0 Å². The van der Waals surface area contributed by atoms with Crippen LogP contribution in [0.2, 0.25) is 5.02 Å². The molecule has 0 aliphatic carbocycles. The highest BCUT2D eigenvalue weighted by Crippen LogP contribution is 2.36. The molecule has 0 spiro atoms. The lowest BCUT2D eigenvalue weighted by Gasteiger charge is -2.37. The lowest BCUT2D eigenvalue weighted by Crippen LogP contribution is -2.50. The Morgan fingerprint density at radius 2 is 2.22 bits per heavy atom. The van der Waals surface area contributed by atoms with E-state index in [0.29, 0.717) is 37.0 Å². The molecule has 23 heavy (non-hydrogen) atoms. The predicted molar refractivity (Wildman–Crippen MR) is 91.8 cm³/mol. The van der Waals surface area contributed by atoms with Gasteiger partial charge in [-0.15, -0.1) is 0 Å². The minimum absolute atomic E-state index is 0.119. The summed E-state index contributed by atoms with van der Waals surface area (Å²) in [5.74, 6) is 0.651. The van der Waals surface area contributed by atoms with Crippen LogP contribution in [0.5, 0.6) is 0 Å². The van der Waals surface area contributed by atoms with E-state index in [0.717, 1.165) is 25.2 Å². The average Bonchev–Trinajstić information content (AvgIpc) is 2.61. The Hall–Kier alpha value is -1.10. The molecule has 2 fully saturated rings. The van der Waals surface area contributed by atoms with Crippen LogP contribution in [0.1, 0.15) is 31.2 Å². The quantitative estimate of drug-likeness (QED) is 0.888. The number of nitrogens with one attached hydrogen (secondary N) is 2. The first-order valence-corrected chi connectivity index (χ1v) is 8.91. The second-order valence-electron chi connectivity index (χ2n) is 6.63. The molecule has 1 aromatic carbocycles. The molecule has 5 heteroatoms. The molecule has 0 radical (unpaired) electrons. The minimum Gasteiger partial charge on any atom is -0.381 e. The smallest absolute Gasteiger partial charge is 0.230 e. The van der Waals surface area contributed by atoms with E-state index in [1.165, 1.54) is 12.8 Å². The summed E-state index contributed by atoms with van der Waals surface area (Å²) in [6.07, 6.45) is 3.79. The van der Waals surface area contributed by atoms with Crippen LogP contribution in [-0.4, -0.2) is 38.8 Å². The fourth-order valence-electron chi connectivity index (χ4n) is 3.66. The van der Waals surface area contributed by atoms with E-state index < -0.39 is 5.41 Å². The number of ether oxygens (including phenoxy) is 1. The average molecular weight is 337 g/mol. The lowest BCUT2D eigenvalue weighted by atomic mass is 9.73. The van der Waals surface area contributed by atoms with Gasteiger partial charge in [0.05, 0.1) is 5.41 Å². The van der Waals surface area contributed by atoms with Crippen LogP contribution in [0.25, 0.3) is 0 Å². The summed E-state index contributed by atoms with van der Waals surface area (Å²) in [6, 6.07) is 7.71. The number of carbonyl (C=O) groups excluding carboxylic acids is 1. The van der Waals surface area contributed by atoms with Gasteiger partial charge < -0.3 is 15.4 Å². The second kappa shape index (κ2) is 7.65. The predicted octanol–water partition coefficient (Wildman–Crippen LogP) is 2.50. The normalized spacial score (nSPS) is 24.1. The van der Waals surface area contributed by atoms with Crippen molar-refractivity contribution in [3.63, 3.8) is 0 Å². The summed E-state index contributed by atoms with van der Waals surface area (Å²) < 4.78 is 5.50. The monoisotopic (exact) mass is 336 g/mol. The molecule has 1 amide bonds. The first-order chi connectivity index (χ1) is 11.2. The lowest BCUT2D eigenvalue weighted by molar-refractivity contribution is -0.130. The topological polar surface area (TPSA) is 50.4 Å². The van der Waals surface area contributed by atoms with Gasteiger partial charge >= 0.3 is 0 Å². The van der Waals surface area contributed by atoms with Crippen molar-refractivity contribution in [3.05, 3.63) is 34.9 Å². The molecule has 3 rings (SSSR count). The number of piperidine rings is 1. The van der Waals surface area contributed by atoms with Crippen molar-refractivity contribution in [2.45, 2.75) is 31.1 Å². The van der Waals surface area contributed by atoms with Gasteiger partial charge in [0.15, 0.2) is 0 Å². The highest BCUT2D eigenvalue weighted by atomic mass is 35.5. The zero-order valence-electron chi connectivity index (χ0n) is 13.4. The zero-order valence-corrected chi connectivity index (χ0v) is 14.2. The molecule has 1 unspecified atom stereocenters. The fourth-order valence-corrected chi connectivity index (χ4v) is 3.85. The van der Waals surface area contributed by atoms with E-state index in [2.05, 4.69) is 10.6 Å². The zero-order chi connectivity index (χ0) is 16.1. The summed E-state index contributed by atoms with van der Waals surface area (Å²) in [5, 5.41) is 7.28. The maximum Gasteiger partial charge on any atom is 0.230 e. The third-order valence-corrected chi connectivity index (χ3v) is 5.34. The molecule has 2 N–H and O–H groups in total. The molecule has 2 aliphatic rings. The number of hydrogen-bond acceptors (Lipinski definition) is 3. The molecule has 2 heterocycles. The molecule has 1 aromatic rings. The van der Waals surface area contributed by atoms with Crippen molar-refractivity contribution < 1.29 is 9.53 Å². The molecule has 2 aliphatic heterocycles. The van der Waals surface area contributed by atoms with Gasteiger partial charge in [-0.05, 0) is 62.4 Å². The van der Waals surface area contributed by atoms with Crippen molar-refractivity contribution in [2.24, 2.45) is 5.92 Å². The molecule has 0 aromatic heterocycles. The summed E-state index contributed by atoms with van der Waals surface area (Å²) in [6.45, 7) is 4.06. The van der Waals surface area contributed by atoms with Gasteiger partial charge in [-0.3, -0.25) is 4.79 Å². The molecule has 1 atom stereocenters. The maximum atomic E-state index is 13.0. The molecular weight excluding hydrogens is 312 g/mol. The maximum absolute atomic E-state index is 13.0. The van der Waals surface area contributed by atoms with Gasteiger partial charge in [0.1, 0.15) is 0 Å². The SMILES string of the molecule is O=C(NCC1CCCNC1)C1(c2cccc(Cl)c2)CCOCC1. The largest absolute Gasteiger partial charge is 0.381 e. The minimum atomic E-state index is -0.509. The van der Waals surface area contributed by atoms with Crippen LogP contribution < -0.4 is 10.6 Å². The van der Waals surface area contributed by atoms with Crippen molar-refractivity contribution in [1.29, 1.82) is 0 Å². The molecule has 2 saturated heterocycles.